The zero-order valence-corrected chi connectivity index (χ0v) is 12.8. The smallest absolute Gasteiger partial charge is 0.147 e. The average Bonchev–Trinajstić information content (AvgIpc) is 3.02. The standard InChI is InChI=1S/C15H22N6/c1-12-18-13(2)21(19-12)11-15-6-4-8-20(15)10-14(9-17)5-3-7-16/h14-15H,3-6,8,10-11H2,1-2H3. The molecule has 1 fully saturated rings. The first-order chi connectivity index (χ1) is 10.1. The second-order valence-corrected chi connectivity index (χ2v) is 5.70. The summed E-state index contributed by atoms with van der Waals surface area (Å²) in [7, 11) is 0. The van der Waals surface area contributed by atoms with Crippen molar-refractivity contribution < 1.29 is 0 Å². The van der Waals surface area contributed by atoms with Gasteiger partial charge in [0, 0.05) is 19.0 Å². The van der Waals surface area contributed by atoms with Gasteiger partial charge in [0.25, 0.3) is 0 Å². The summed E-state index contributed by atoms with van der Waals surface area (Å²) in [4.78, 5) is 6.72. The number of rotatable bonds is 6. The quantitative estimate of drug-likeness (QED) is 0.796. The van der Waals surface area contributed by atoms with E-state index in [2.05, 4.69) is 27.1 Å². The molecule has 2 unspecified atom stereocenters. The number of aryl methyl sites for hydroxylation is 2. The highest BCUT2D eigenvalue weighted by Gasteiger charge is 2.27. The molecule has 2 atom stereocenters. The topological polar surface area (TPSA) is 81.5 Å². The number of aromatic nitrogens is 3. The number of hydrogen-bond acceptors (Lipinski definition) is 5. The van der Waals surface area contributed by atoms with E-state index in [1.54, 1.807) is 0 Å². The molecule has 1 aromatic rings. The number of hydrogen-bond donors (Lipinski definition) is 0. The lowest BCUT2D eigenvalue weighted by atomic mass is 10.0. The molecule has 21 heavy (non-hydrogen) atoms. The Morgan fingerprint density at radius 3 is 2.81 bits per heavy atom. The van der Waals surface area contributed by atoms with Gasteiger partial charge in [-0.25, -0.2) is 9.67 Å². The molecule has 0 amide bonds. The third-order valence-corrected chi connectivity index (χ3v) is 4.09. The van der Waals surface area contributed by atoms with Crippen LogP contribution in [0.1, 0.15) is 37.3 Å². The van der Waals surface area contributed by atoms with Crippen LogP contribution in [0.25, 0.3) is 0 Å². The first kappa shape index (κ1) is 15.5. The molecule has 6 heteroatoms. The molecule has 1 aromatic heterocycles. The molecule has 1 aliphatic rings. The molecule has 0 radical (unpaired) electrons. The van der Waals surface area contributed by atoms with Gasteiger partial charge in [0.05, 0.1) is 24.6 Å². The van der Waals surface area contributed by atoms with Crippen LogP contribution in [0.4, 0.5) is 0 Å². The lowest BCUT2D eigenvalue weighted by Crippen LogP contribution is -2.37. The Morgan fingerprint density at radius 1 is 1.38 bits per heavy atom. The highest BCUT2D eigenvalue weighted by molar-refractivity contribution is 4.93. The van der Waals surface area contributed by atoms with Gasteiger partial charge in [-0.2, -0.15) is 15.6 Å². The third kappa shape index (κ3) is 4.03. The summed E-state index contributed by atoms with van der Waals surface area (Å²) in [5.74, 6) is 1.70. The third-order valence-electron chi connectivity index (χ3n) is 4.09. The Morgan fingerprint density at radius 2 is 2.19 bits per heavy atom. The van der Waals surface area contributed by atoms with E-state index in [1.165, 1.54) is 0 Å². The fourth-order valence-corrected chi connectivity index (χ4v) is 2.99. The van der Waals surface area contributed by atoms with Gasteiger partial charge in [0.1, 0.15) is 11.6 Å². The molecule has 0 aromatic carbocycles. The van der Waals surface area contributed by atoms with E-state index in [9.17, 15) is 5.26 Å². The van der Waals surface area contributed by atoms with E-state index >= 15 is 0 Å². The van der Waals surface area contributed by atoms with Crippen LogP contribution < -0.4 is 0 Å². The van der Waals surface area contributed by atoms with E-state index in [4.69, 9.17) is 5.26 Å². The second-order valence-electron chi connectivity index (χ2n) is 5.70. The SMILES string of the molecule is Cc1nc(C)n(CC2CCCN2CC(C#N)CCC#N)n1. The van der Waals surface area contributed by atoms with E-state index in [0.29, 0.717) is 18.9 Å². The second kappa shape index (κ2) is 7.19. The monoisotopic (exact) mass is 286 g/mol. The molecular weight excluding hydrogens is 264 g/mol. The summed E-state index contributed by atoms with van der Waals surface area (Å²) in [5.41, 5.74) is 0. The van der Waals surface area contributed by atoms with E-state index in [0.717, 1.165) is 44.1 Å². The molecule has 0 saturated carbocycles. The first-order valence-electron chi connectivity index (χ1n) is 7.52. The van der Waals surface area contributed by atoms with Crippen molar-refractivity contribution in [3.63, 3.8) is 0 Å². The van der Waals surface area contributed by atoms with Crippen LogP contribution in [0.15, 0.2) is 0 Å². The molecule has 0 aliphatic carbocycles. The van der Waals surface area contributed by atoms with Crippen LogP contribution in [-0.2, 0) is 6.54 Å². The lowest BCUT2D eigenvalue weighted by molar-refractivity contribution is 0.205. The van der Waals surface area contributed by atoms with Crippen molar-refractivity contribution in [1.82, 2.24) is 19.7 Å². The number of nitriles is 2. The van der Waals surface area contributed by atoms with E-state index in [-0.39, 0.29) is 5.92 Å². The van der Waals surface area contributed by atoms with Crippen molar-refractivity contribution >= 4 is 0 Å². The van der Waals surface area contributed by atoms with Crippen LogP contribution in [0.5, 0.6) is 0 Å². The normalized spacial score (nSPS) is 20.1. The van der Waals surface area contributed by atoms with Gasteiger partial charge in [0.15, 0.2) is 0 Å². The molecule has 2 heterocycles. The van der Waals surface area contributed by atoms with Crippen molar-refractivity contribution in [2.45, 2.75) is 52.1 Å². The van der Waals surface area contributed by atoms with E-state index < -0.39 is 0 Å². The number of nitrogens with zero attached hydrogens (tertiary/aromatic N) is 6. The molecule has 6 nitrogen and oxygen atoms in total. The minimum Gasteiger partial charge on any atom is -0.297 e. The van der Waals surface area contributed by atoms with Crippen molar-refractivity contribution in [2.75, 3.05) is 13.1 Å². The molecule has 0 spiro atoms. The van der Waals surface area contributed by atoms with Crippen molar-refractivity contribution in [1.29, 1.82) is 10.5 Å². The molecule has 0 bridgehead atoms. The highest BCUT2D eigenvalue weighted by Crippen LogP contribution is 2.21. The van der Waals surface area contributed by atoms with Gasteiger partial charge in [-0.3, -0.25) is 4.90 Å². The first-order valence-corrected chi connectivity index (χ1v) is 7.52. The minimum absolute atomic E-state index is 0.0520. The summed E-state index contributed by atoms with van der Waals surface area (Å²) in [6.07, 6.45) is 3.42. The maximum atomic E-state index is 9.22. The van der Waals surface area contributed by atoms with Gasteiger partial charge >= 0.3 is 0 Å². The minimum atomic E-state index is -0.0520. The summed E-state index contributed by atoms with van der Waals surface area (Å²) >= 11 is 0. The molecule has 0 N–H and O–H groups in total. The maximum Gasteiger partial charge on any atom is 0.147 e. The van der Waals surface area contributed by atoms with E-state index in [1.807, 2.05) is 18.5 Å². The van der Waals surface area contributed by atoms with Gasteiger partial charge < -0.3 is 0 Å². The fraction of sp³-hybridized carbons (Fsp3) is 0.733. The van der Waals surface area contributed by atoms with Crippen molar-refractivity contribution in [3.8, 4) is 12.1 Å². The van der Waals surface area contributed by atoms with Gasteiger partial charge in [-0.05, 0) is 39.7 Å². The Kier molecular flexibility index (Phi) is 5.30. The Balaban J connectivity index is 1.95. The number of likely N-dealkylation sites (tertiary alicyclic amines) is 1. The van der Waals surface area contributed by atoms with Crippen LogP contribution >= 0.6 is 0 Å². The Hall–Kier alpha value is -1.92. The van der Waals surface area contributed by atoms with Gasteiger partial charge in [-0.1, -0.05) is 0 Å². The molecule has 1 aliphatic heterocycles. The maximum absolute atomic E-state index is 9.22. The largest absolute Gasteiger partial charge is 0.297 e. The summed E-state index contributed by atoms with van der Waals surface area (Å²) in [6.45, 7) is 6.51. The molecular formula is C15H22N6. The molecule has 2 rings (SSSR count). The average molecular weight is 286 g/mol. The summed E-state index contributed by atoms with van der Waals surface area (Å²) in [5, 5.41) is 22.3. The predicted octanol–water partition coefficient (Wildman–Crippen LogP) is 1.80. The van der Waals surface area contributed by atoms with Crippen LogP contribution in [0.2, 0.25) is 0 Å². The Bertz CT molecular complexity index is 549. The van der Waals surface area contributed by atoms with Crippen LogP contribution in [-0.4, -0.2) is 38.8 Å². The fourth-order valence-electron chi connectivity index (χ4n) is 2.99. The molecule has 1 saturated heterocycles. The highest BCUT2D eigenvalue weighted by atomic mass is 15.4. The lowest BCUT2D eigenvalue weighted by Gasteiger charge is -2.26. The summed E-state index contributed by atoms with van der Waals surface area (Å²) in [6, 6.07) is 4.88. The van der Waals surface area contributed by atoms with Crippen LogP contribution in [0.3, 0.4) is 0 Å². The van der Waals surface area contributed by atoms with Crippen molar-refractivity contribution in [2.24, 2.45) is 5.92 Å². The van der Waals surface area contributed by atoms with Gasteiger partial charge in [-0.15, -0.1) is 0 Å². The van der Waals surface area contributed by atoms with Crippen molar-refractivity contribution in [3.05, 3.63) is 11.6 Å². The Labute approximate surface area is 126 Å². The molecule has 112 valence electrons. The van der Waals surface area contributed by atoms with Gasteiger partial charge in [0.2, 0.25) is 0 Å². The zero-order valence-electron chi connectivity index (χ0n) is 12.8. The zero-order chi connectivity index (χ0) is 15.2. The van der Waals surface area contributed by atoms with Crippen LogP contribution in [0, 0.1) is 42.4 Å². The summed E-state index contributed by atoms with van der Waals surface area (Å²) < 4.78 is 1.97. The predicted molar refractivity (Wildman–Crippen MR) is 78.0 cm³/mol.